The Hall–Kier alpha value is -2.86. The van der Waals surface area contributed by atoms with Crippen LogP contribution in [0.4, 0.5) is 0 Å². The molecule has 32 heavy (non-hydrogen) atoms. The molecule has 6 aromatic carbocycles. The quantitative estimate of drug-likeness (QED) is 0.167. The van der Waals surface area contributed by atoms with Gasteiger partial charge >= 0.3 is 0 Å². The number of hydrogen-bond donors (Lipinski definition) is 0. The Morgan fingerprint density at radius 3 is 1.56 bits per heavy atom. The molecule has 0 saturated carbocycles. The van der Waals surface area contributed by atoms with Crippen molar-refractivity contribution in [2.24, 2.45) is 0 Å². The second-order valence-corrected chi connectivity index (χ2v) is 6.98. The molecule has 0 unspecified atom stereocenters. The van der Waals surface area contributed by atoms with Crippen LogP contribution in [-0.2, 0) is 34.1 Å². The zero-order chi connectivity index (χ0) is 20.4. The minimum Gasteiger partial charge on any atom is -0.748 e. The summed E-state index contributed by atoms with van der Waals surface area (Å²) >= 11 is 0. The molecule has 0 aromatic heterocycles. The van der Waals surface area contributed by atoms with E-state index in [1.807, 2.05) is 60.7 Å². The van der Waals surface area contributed by atoms with Gasteiger partial charge in [-0.25, -0.2) is 12.1 Å². The van der Waals surface area contributed by atoms with E-state index in [1.54, 1.807) is 0 Å². The molecule has 0 aliphatic heterocycles. The number of fused-ring (bicyclic) bond motifs is 1. The van der Waals surface area contributed by atoms with Crippen LogP contribution >= 0.6 is 0 Å². The Kier molecular flexibility index (Phi) is 10.7. The first-order chi connectivity index (χ1) is 14.9. The molecule has 0 aliphatic carbocycles. The molecule has 168 valence electrons. The normalized spacial score (nSPS) is 9.38. The SMILES string of the molecule is [Fe].[Fe].[cH-]1[cH-][cH-][cH-][cH-]1.c1cc[cH-]c1.c1ccc2c(-[c-]3cccc3)c(-[c-]3cccc3)ccc2c1. The maximum absolute atomic E-state index is 2.24. The van der Waals surface area contributed by atoms with Crippen molar-refractivity contribution in [3.05, 3.63) is 146 Å². The molecule has 0 nitrogen and oxygen atoms in total. The van der Waals surface area contributed by atoms with Crippen LogP contribution in [0.3, 0.4) is 0 Å². The largest absolute Gasteiger partial charge is 0.748 e. The predicted octanol–water partition coefficient (Wildman–Crippen LogP) is 8.42. The van der Waals surface area contributed by atoms with E-state index < -0.39 is 0 Å². The number of hydrogen-bond acceptors (Lipinski definition) is 0. The van der Waals surface area contributed by atoms with E-state index in [4.69, 9.17) is 0 Å². The van der Waals surface area contributed by atoms with Gasteiger partial charge in [0.1, 0.15) is 0 Å². The first-order valence-electron chi connectivity index (χ1n) is 10.2. The average Bonchev–Trinajstić information content (AvgIpc) is 3.64. The molecular formula is C30H24Fe2-8. The summed E-state index contributed by atoms with van der Waals surface area (Å²) in [6.45, 7) is 0. The van der Waals surface area contributed by atoms with Gasteiger partial charge in [0, 0.05) is 34.1 Å². The van der Waals surface area contributed by atoms with Gasteiger partial charge in [0.05, 0.1) is 0 Å². The van der Waals surface area contributed by atoms with Crippen molar-refractivity contribution in [2.75, 3.05) is 0 Å². The number of benzene rings is 2. The summed E-state index contributed by atoms with van der Waals surface area (Å²) in [5.41, 5.74) is 5.21. The second kappa shape index (κ2) is 13.5. The molecule has 0 N–H and O–H groups in total. The molecule has 6 aromatic rings. The van der Waals surface area contributed by atoms with Crippen molar-refractivity contribution in [1.82, 2.24) is 0 Å². The predicted molar refractivity (Wildman–Crippen MR) is 130 cm³/mol. The summed E-state index contributed by atoms with van der Waals surface area (Å²) in [6.07, 6.45) is 0. The zero-order valence-corrected chi connectivity index (χ0v) is 19.8. The van der Waals surface area contributed by atoms with Crippen LogP contribution in [0.5, 0.6) is 0 Å². The third-order valence-electron chi connectivity index (χ3n) is 4.97. The van der Waals surface area contributed by atoms with E-state index in [9.17, 15) is 0 Å². The number of rotatable bonds is 2. The van der Waals surface area contributed by atoms with Gasteiger partial charge in [-0.05, 0) is 0 Å². The molecular weight excluding hydrogens is 472 g/mol. The minimum absolute atomic E-state index is 0. The molecule has 0 saturated heterocycles. The molecule has 0 fully saturated rings. The maximum Gasteiger partial charge on any atom is 0 e. The van der Waals surface area contributed by atoms with Gasteiger partial charge in [-0.3, -0.25) is 0 Å². The van der Waals surface area contributed by atoms with Gasteiger partial charge in [0.2, 0.25) is 0 Å². The fourth-order valence-corrected chi connectivity index (χ4v) is 3.56. The third-order valence-corrected chi connectivity index (χ3v) is 4.97. The standard InChI is InChI=1S/C20H14.2C5H5.2Fe/c1-2-8-15(7-1)19-14-13-16-9-5-6-12-18(16)20(19)17-10-3-4-11-17;2*1-2-4-5-3-1;;/h1-14H;2*1-5H;;/q-2;-5;-1;;. The summed E-state index contributed by atoms with van der Waals surface area (Å²) < 4.78 is 0. The molecule has 0 aliphatic rings. The Morgan fingerprint density at radius 2 is 1.03 bits per heavy atom. The molecule has 2 heteroatoms. The van der Waals surface area contributed by atoms with E-state index in [1.165, 1.54) is 33.0 Å². The van der Waals surface area contributed by atoms with Gasteiger partial charge in [-0.15, -0.1) is 46.8 Å². The zero-order valence-electron chi connectivity index (χ0n) is 17.6. The Balaban J connectivity index is 0.000000252. The van der Waals surface area contributed by atoms with E-state index in [2.05, 4.69) is 84.9 Å². The van der Waals surface area contributed by atoms with Crippen molar-refractivity contribution in [2.45, 2.75) is 0 Å². The van der Waals surface area contributed by atoms with Gasteiger partial charge in [-0.1, -0.05) is 29.7 Å². The van der Waals surface area contributed by atoms with E-state index >= 15 is 0 Å². The van der Waals surface area contributed by atoms with Gasteiger partial charge < -0.3 is 30.3 Å². The van der Waals surface area contributed by atoms with E-state index in [0.717, 1.165) is 0 Å². The fraction of sp³-hybridized carbons (Fsp3) is 0. The molecule has 0 bridgehead atoms. The van der Waals surface area contributed by atoms with Gasteiger partial charge in [0.15, 0.2) is 0 Å². The van der Waals surface area contributed by atoms with Gasteiger partial charge in [-0.2, -0.15) is 59.7 Å². The molecule has 0 spiro atoms. The van der Waals surface area contributed by atoms with Crippen LogP contribution in [0.2, 0.25) is 0 Å². The van der Waals surface area contributed by atoms with Crippen molar-refractivity contribution in [3.8, 4) is 22.3 Å². The van der Waals surface area contributed by atoms with Crippen LogP contribution in [0.25, 0.3) is 33.0 Å². The smallest absolute Gasteiger partial charge is 0 e. The third kappa shape index (κ3) is 6.57. The molecule has 6 rings (SSSR count). The summed E-state index contributed by atoms with van der Waals surface area (Å²) in [6, 6.07) is 50.2. The van der Waals surface area contributed by atoms with Crippen molar-refractivity contribution < 1.29 is 34.1 Å². The van der Waals surface area contributed by atoms with Crippen LogP contribution < -0.4 is 0 Å². The van der Waals surface area contributed by atoms with Crippen LogP contribution in [-0.4, -0.2) is 0 Å². The minimum atomic E-state index is 0. The second-order valence-electron chi connectivity index (χ2n) is 6.98. The first-order valence-corrected chi connectivity index (χ1v) is 10.2. The van der Waals surface area contributed by atoms with Gasteiger partial charge in [0.25, 0.3) is 0 Å². The summed E-state index contributed by atoms with van der Waals surface area (Å²) in [4.78, 5) is 0. The van der Waals surface area contributed by atoms with Crippen LogP contribution in [0, 0.1) is 0 Å². The van der Waals surface area contributed by atoms with Crippen LogP contribution in [0.1, 0.15) is 0 Å². The molecule has 0 heterocycles. The molecule has 0 radical (unpaired) electrons. The summed E-state index contributed by atoms with van der Waals surface area (Å²) in [5, 5.41) is 2.61. The average molecular weight is 496 g/mol. The van der Waals surface area contributed by atoms with E-state index in [-0.39, 0.29) is 34.1 Å². The Morgan fingerprint density at radius 1 is 0.500 bits per heavy atom. The van der Waals surface area contributed by atoms with Crippen molar-refractivity contribution in [1.29, 1.82) is 0 Å². The first kappa shape index (κ1) is 25.4. The topological polar surface area (TPSA) is 0 Å². The van der Waals surface area contributed by atoms with Crippen LogP contribution in [0.15, 0.2) is 146 Å². The summed E-state index contributed by atoms with van der Waals surface area (Å²) in [7, 11) is 0. The van der Waals surface area contributed by atoms with E-state index in [0.29, 0.717) is 0 Å². The monoisotopic (exact) mass is 496 g/mol. The molecule has 0 amide bonds. The fourth-order valence-electron chi connectivity index (χ4n) is 3.56. The maximum atomic E-state index is 2.24. The Bertz CT molecular complexity index is 1150. The van der Waals surface area contributed by atoms with Crippen molar-refractivity contribution in [3.63, 3.8) is 0 Å². The Labute approximate surface area is 212 Å². The van der Waals surface area contributed by atoms with Crippen molar-refractivity contribution >= 4 is 10.8 Å². The molecule has 0 atom stereocenters. The summed E-state index contributed by atoms with van der Waals surface area (Å²) in [5.74, 6) is 0.